The van der Waals surface area contributed by atoms with Crippen molar-refractivity contribution < 1.29 is 17.2 Å². The largest absolute Gasteiger partial charge is 0.353 e. The lowest BCUT2D eigenvalue weighted by Crippen LogP contribution is -2.52. The number of nitriles is 1. The number of nitrogens with one attached hydrogen (secondary N) is 1. The fourth-order valence-electron chi connectivity index (χ4n) is 5.29. The highest BCUT2D eigenvalue weighted by Gasteiger charge is 2.47. The number of piperazine rings is 1. The molecule has 4 aromatic rings. The third-order valence-electron chi connectivity index (χ3n) is 7.49. The molecule has 0 bridgehead atoms. The van der Waals surface area contributed by atoms with Crippen molar-refractivity contribution in [2.75, 3.05) is 31.1 Å². The molecule has 1 saturated carbocycles. The predicted molar refractivity (Wildman–Crippen MR) is 146 cm³/mol. The Bertz CT molecular complexity index is 1740. The van der Waals surface area contributed by atoms with Crippen LogP contribution in [-0.2, 0) is 10.0 Å². The minimum Gasteiger partial charge on any atom is -0.353 e. The number of sulfonamides is 1. The van der Waals surface area contributed by atoms with E-state index in [1.165, 1.54) is 18.5 Å². The second-order valence-electron chi connectivity index (χ2n) is 10.3. The summed E-state index contributed by atoms with van der Waals surface area (Å²) in [6.45, 7) is 7.68. The summed E-state index contributed by atoms with van der Waals surface area (Å²) >= 11 is 0.715. The van der Waals surface area contributed by atoms with Crippen molar-refractivity contribution in [1.82, 2.24) is 34.4 Å². The minimum atomic E-state index is -4.04. The van der Waals surface area contributed by atoms with Gasteiger partial charge in [-0.05, 0) is 44.9 Å². The molecule has 11 nitrogen and oxygen atoms in total. The molecular formula is C25H27F2N9O2S2. The van der Waals surface area contributed by atoms with Crippen LogP contribution in [0.1, 0.15) is 44.5 Å². The number of alkyl halides is 2. The number of halogens is 2. The number of anilines is 1. The molecule has 1 aliphatic carbocycles. The fraction of sp³-hybridized carbons (Fsp3) is 0.480. The molecule has 1 aliphatic heterocycles. The molecule has 40 heavy (non-hydrogen) atoms. The maximum atomic E-state index is 13.4. The van der Waals surface area contributed by atoms with Gasteiger partial charge in [0.2, 0.25) is 15.2 Å². The number of aromatic nitrogens is 5. The van der Waals surface area contributed by atoms with E-state index in [4.69, 9.17) is 0 Å². The van der Waals surface area contributed by atoms with Crippen molar-refractivity contribution in [3.63, 3.8) is 0 Å². The monoisotopic (exact) mass is 587 g/mol. The summed E-state index contributed by atoms with van der Waals surface area (Å²) in [6.07, 6.45) is 0.568. The van der Waals surface area contributed by atoms with E-state index in [1.807, 2.05) is 6.07 Å². The van der Waals surface area contributed by atoms with E-state index < -0.39 is 27.0 Å². The Morgan fingerprint density at radius 2 is 2.05 bits per heavy atom. The third kappa shape index (κ3) is 4.58. The molecule has 2 fully saturated rings. The zero-order valence-electron chi connectivity index (χ0n) is 21.9. The first-order chi connectivity index (χ1) is 19.2. The van der Waals surface area contributed by atoms with Gasteiger partial charge < -0.3 is 4.90 Å². The lowest BCUT2D eigenvalue weighted by atomic mass is 10.1. The Kier molecular flexibility index (Phi) is 6.68. The molecule has 210 valence electrons. The maximum Gasteiger partial charge on any atom is 0.291 e. The molecule has 0 unspecified atom stereocenters. The molecule has 3 aromatic heterocycles. The lowest BCUT2D eigenvalue weighted by Gasteiger charge is -2.40. The molecule has 1 saturated heterocycles. The van der Waals surface area contributed by atoms with E-state index in [-0.39, 0.29) is 10.0 Å². The molecule has 4 heterocycles. The summed E-state index contributed by atoms with van der Waals surface area (Å²) in [5.74, 6) is 0.686. The Morgan fingerprint density at radius 1 is 1.25 bits per heavy atom. The van der Waals surface area contributed by atoms with Crippen LogP contribution in [0.15, 0.2) is 29.4 Å². The average Bonchev–Trinajstić information content (AvgIpc) is 3.37. The van der Waals surface area contributed by atoms with Crippen LogP contribution < -0.4 is 9.62 Å². The van der Waals surface area contributed by atoms with Crippen LogP contribution in [0.3, 0.4) is 0 Å². The Labute approximate surface area is 233 Å². The van der Waals surface area contributed by atoms with E-state index >= 15 is 0 Å². The predicted octanol–water partition coefficient (Wildman–Crippen LogP) is 3.62. The molecule has 6 rings (SSSR count). The van der Waals surface area contributed by atoms with E-state index in [0.29, 0.717) is 58.0 Å². The van der Waals surface area contributed by atoms with Crippen molar-refractivity contribution >= 4 is 49.1 Å². The van der Waals surface area contributed by atoms with Gasteiger partial charge in [0.25, 0.3) is 6.43 Å². The molecule has 1 aromatic carbocycles. The molecule has 1 N–H and O–H groups in total. The highest BCUT2D eigenvalue weighted by molar-refractivity contribution is 7.89. The van der Waals surface area contributed by atoms with Crippen LogP contribution in [0.5, 0.6) is 0 Å². The summed E-state index contributed by atoms with van der Waals surface area (Å²) in [6, 6.07) is 6.94. The van der Waals surface area contributed by atoms with E-state index in [9.17, 15) is 22.5 Å². The van der Waals surface area contributed by atoms with Gasteiger partial charge in [0.1, 0.15) is 17.7 Å². The Balaban J connectivity index is 1.53. The number of fused-ring (bicyclic) bond motifs is 3. The van der Waals surface area contributed by atoms with Crippen LogP contribution in [0.4, 0.5) is 14.6 Å². The first-order valence-corrected chi connectivity index (χ1v) is 15.3. The van der Waals surface area contributed by atoms with Crippen molar-refractivity contribution in [3.05, 3.63) is 29.5 Å². The van der Waals surface area contributed by atoms with Gasteiger partial charge in [-0.25, -0.2) is 27.2 Å². The summed E-state index contributed by atoms with van der Waals surface area (Å²) in [7, 11) is -4.04. The van der Waals surface area contributed by atoms with Gasteiger partial charge in [-0.2, -0.15) is 9.98 Å². The normalized spacial score (nSPS) is 19.5. The summed E-state index contributed by atoms with van der Waals surface area (Å²) < 4.78 is 57.4. The van der Waals surface area contributed by atoms with E-state index in [0.717, 1.165) is 32.6 Å². The molecule has 15 heteroatoms. The second-order valence-corrected chi connectivity index (χ2v) is 12.9. The first-order valence-electron chi connectivity index (χ1n) is 13.0. The van der Waals surface area contributed by atoms with E-state index in [2.05, 4.69) is 48.5 Å². The number of nitrogens with zero attached hydrogens (tertiary/aromatic N) is 8. The topological polar surface area (TPSA) is 133 Å². The number of rotatable bonds is 8. The first kappa shape index (κ1) is 26.9. The van der Waals surface area contributed by atoms with Gasteiger partial charge in [0, 0.05) is 31.1 Å². The number of benzene rings is 1. The SMILES string of the molecule is CCCN1CCN(c2ncnc3c2c2ccc(S(=O)(=O)NC4(C#N)CC4)cc2n3-c2nnc(C(F)F)s2)C[C@@H]1C. The summed E-state index contributed by atoms with van der Waals surface area (Å²) in [5.41, 5.74) is -0.268. The highest BCUT2D eigenvalue weighted by Crippen LogP contribution is 2.40. The second kappa shape index (κ2) is 9.95. The fourth-order valence-corrected chi connectivity index (χ4v) is 7.40. The van der Waals surface area contributed by atoms with Crippen molar-refractivity contribution in [2.24, 2.45) is 0 Å². The highest BCUT2D eigenvalue weighted by atomic mass is 32.2. The zero-order valence-corrected chi connectivity index (χ0v) is 23.5. The van der Waals surface area contributed by atoms with Gasteiger partial charge in [-0.15, -0.1) is 10.2 Å². The summed E-state index contributed by atoms with van der Waals surface area (Å²) in [5, 5.41) is 18.1. The molecular weight excluding hydrogens is 560 g/mol. The quantitative estimate of drug-likeness (QED) is 0.328. The minimum absolute atomic E-state index is 0.0551. The lowest BCUT2D eigenvalue weighted by molar-refractivity contribution is 0.150. The number of hydrogen-bond acceptors (Lipinski definition) is 10. The van der Waals surface area contributed by atoms with Crippen LogP contribution in [0.2, 0.25) is 0 Å². The van der Waals surface area contributed by atoms with Crippen LogP contribution >= 0.6 is 11.3 Å². The van der Waals surface area contributed by atoms with Crippen molar-refractivity contribution in [3.8, 4) is 11.2 Å². The molecule has 2 aliphatic rings. The van der Waals surface area contributed by atoms with Crippen LogP contribution in [0, 0.1) is 11.3 Å². The van der Waals surface area contributed by atoms with Crippen LogP contribution in [-0.4, -0.2) is 75.8 Å². The van der Waals surface area contributed by atoms with Gasteiger partial charge in [-0.1, -0.05) is 24.3 Å². The Hall–Kier alpha value is -3.32. The van der Waals surface area contributed by atoms with Gasteiger partial charge >= 0.3 is 0 Å². The smallest absolute Gasteiger partial charge is 0.291 e. The van der Waals surface area contributed by atoms with Gasteiger partial charge in [-0.3, -0.25) is 9.47 Å². The van der Waals surface area contributed by atoms with Crippen molar-refractivity contribution in [1.29, 1.82) is 5.26 Å². The van der Waals surface area contributed by atoms with E-state index in [1.54, 1.807) is 10.6 Å². The third-order valence-corrected chi connectivity index (χ3v) is 9.94. The molecule has 0 radical (unpaired) electrons. The number of hydrogen-bond donors (Lipinski definition) is 1. The van der Waals surface area contributed by atoms with Gasteiger partial charge in [0.15, 0.2) is 10.7 Å². The van der Waals surface area contributed by atoms with Crippen LogP contribution in [0.25, 0.3) is 27.1 Å². The maximum absolute atomic E-state index is 13.4. The zero-order chi connectivity index (χ0) is 28.2. The van der Waals surface area contributed by atoms with Crippen molar-refractivity contribution in [2.45, 2.75) is 56.0 Å². The standard InChI is InChI=1S/C25H27F2N9O2S2/c1-3-8-34-9-10-35(12-15(34)2)21-19-17-5-4-16(40(37,38)33-25(13-28)6-7-25)11-18(17)36(22(19)30-14-29-21)24-32-31-23(39-24)20(26)27/h4-5,11,14-15,20,33H,3,6-10,12H2,1-2H3/t15-/m0/s1. The average molecular weight is 588 g/mol. The van der Waals surface area contributed by atoms with Gasteiger partial charge in [0.05, 0.1) is 21.9 Å². The molecule has 0 spiro atoms. The Morgan fingerprint density at radius 3 is 2.70 bits per heavy atom. The summed E-state index contributed by atoms with van der Waals surface area (Å²) in [4.78, 5) is 13.7. The molecule has 0 amide bonds. The molecule has 1 atom stereocenters.